The summed E-state index contributed by atoms with van der Waals surface area (Å²) in [6.45, 7) is 5.29. The van der Waals surface area contributed by atoms with E-state index in [1.807, 2.05) is 0 Å². The van der Waals surface area contributed by atoms with Crippen LogP contribution in [0.4, 0.5) is 0 Å². The number of benzene rings is 1. The van der Waals surface area contributed by atoms with E-state index in [2.05, 4.69) is 14.9 Å². The van der Waals surface area contributed by atoms with Crippen LogP contribution in [-0.2, 0) is 10.0 Å². The molecular formula is C13H19Cl2N3O2S. The van der Waals surface area contributed by atoms with Crippen molar-refractivity contribution in [3.8, 4) is 0 Å². The summed E-state index contributed by atoms with van der Waals surface area (Å²) in [5.41, 5.74) is 0. The molecule has 0 amide bonds. The lowest BCUT2D eigenvalue weighted by Crippen LogP contribution is -2.44. The first-order valence-electron chi connectivity index (χ1n) is 6.87. The molecule has 0 radical (unpaired) electrons. The number of rotatable bonds is 6. The lowest BCUT2D eigenvalue weighted by Gasteiger charge is -2.27. The van der Waals surface area contributed by atoms with Gasteiger partial charge in [-0.2, -0.15) is 0 Å². The molecule has 1 aromatic rings. The van der Waals surface area contributed by atoms with Crippen LogP contribution in [0.5, 0.6) is 0 Å². The van der Waals surface area contributed by atoms with E-state index in [0.29, 0.717) is 11.6 Å². The van der Waals surface area contributed by atoms with Crippen LogP contribution in [0, 0.1) is 0 Å². The second-order valence-corrected chi connectivity index (χ2v) is 7.50. The van der Waals surface area contributed by atoms with Crippen molar-refractivity contribution in [3.05, 3.63) is 28.2 Å². The highest BCUT2D eigenvalue weighted by Gasteiger charge is 2.17. The van der Waals surface area contributed by atoms with Gasteiger partial charge < -0.3 is 10.2 Å². The van der Waals surface area contributed by atoms with Crippen LogP contribution in [0.15, 0.2) is 23.1 Å². The van der Waals surface area contributed by atoms with Crippen LogP contribution < -0.4 is 10.0 Å². The molecule has 1 fully saturated rings. The maximum absolute atomic E-state index is 12.2. The molecular weight excluding hydrogens is 333 g/mol. The summed E-state index contributed by atoms with van der Waals surface area (Å²) >= 11 is 11.7. The highest BCUT2D eigenvalue weighted by atomic mass is 35.5. The zero-order valence-electron chi connectivity index (χ0n) is 11.6. The Labute approximate surface area is 135 Å². The Balaban J connectivity index is 1.83. The van der Waals surface area contributed by atoms with Crippen molar-refractivity contribution in [2.24, 2.45) is 0 Å². The highest BCUT2D eigenvalue weighted by molar-refractivity contribution is 7.89. The summed E-state index contributed by atoms with van der Waals surface area (Å²) < 4.78 is 26.9. The standard InChI is InChI=1S/C13H19Cl2N3O2S/c14-11-2-3-13(12(15)10-11)21(19,20)17-4-1-7-18-8-5-16-6-9-18/h2-3,10,16-17H,1,4-9H2. The first-order valence-corrected chi connectivity index (χ1v) is 9.11. The number of hydrogen-bond donors (Lipinski definition) is 2. The zero-order valence-corrected chi connectivity index (χ0v) is 13.9. The third kappa shape index (κ3) is 5.09. The highest BCUT2D eigenvalue weighted by Crippen LogP contribution is 2.24. The zero-order chi connectivity index (χ0) is 15.3. The van der Waals surface area contributed by atoms with E-state index in [1.54, 1.807) is 0 Å². The molecule has 0 aromatic heterocycles. The van der Waals surface area contributed by atoms with Gasteiger partial charge in [-0.3, -0.25) is 0 Å². The first-order chi connectivity index (χ1) is 9.99. The second kappa shape index (κ2) is 7.76. The van der Waals surface area contributed by atoms with Crippen molar-refractivity contribution in [1.29, 1.82) is 0 Å². The molecule has 1 heterocycles. The van der Waals surface area contributed by atoms with E-state index in [4.69, 9.17) is 23.2 Å². The SMILES string of the molecule is O=S(=O)(NCCCN1CCNCC1)c1ccc(Cl)cc1Cl. The van der Waals surface area contributed by atoms with Gasteiger partial charge in [-0.15, -0.1) is 0 Å². The summed E-state index contributed by atoms with van der Waals surface area (Å²) in [6.07, 6.45) is 0.768. The molecule has 0 bridgehead atoms. The number of piperazine rings is 1. The molecule has 2 rings (SSSR count). The van der Waals surface area contributed by atoms with Gasteiger partial charge in [-0.25, -0.2) is 13.1 Å². The number of halogens is 2. The predicted octanol–water partition coefficient (Wildman–Crippen LogP) is 1.57. The molecule has 1 aromatic carbocycles. The molecule has 118 valence electrons. The van der Waals surface area contributed by atoms with Crippen LogP contribution in [0.3, 0.4) is 0 Å². The Morgan fingerprint density at radius 1 is 1.24 bits per heavy atom. The van der Waals surface area contributed by atoms with E-state index >= 15 is 0 Å². The third-order valence-electron chi connectivity index (χ3n) is 3.34. The number of nitrogens with one attached hydrogen (secondary N) is 2. The van der Waals surface area contributed by atoms with E-state index in [0.717, 1.165) is 39.1 Å². The molecule has 1 saturated heterocycles. The van der Waals surface area contributed by atoms with Gasteiger partial charge >= 0.3 is 0 Å². The lowest BCUT2D eigenvalue weighted by molar-refractivity contribution is 0.239. The number of sulfonamides is 1. The van der Waals surface area contributed by atoms with Crippen molar-refractivity contribution >= 4 is 33.2 Å². The maximum atomic E-state index is 12.2. The maximum Gasteiger partial charge on any atom is 0.242 e. The third-order valence-corrected chi connectivity index (χ3v) is 5.52. The van der Waals surface area contributed by atoms with E-state index in [9.17, 15) is 8.42 Å². The largest absolute Gasteiger partial charge is 0.314 e. The predicted molar refractivity (Wildman–Crippen MR) is 85.6 cm³/mol. The Morgan fingerprint density at radius 3 is 2.62 bits per heavy atom. The van der Waals surface area contributed by atoms with Gasteiger partial charge in [0.2, 0.25) is 10.0 Å². The molecule has 1 aliphatic rings. The summed E-state index contributed by atoms with van der Waals surface area (Å²) in [5.74, 6) is 0. The normalized spacial score (nSPS) is 17.0. The first kappa shape index (κ1) is 17.0. The lowest BCUT2D eigenvalue weighted by atomic mass is 10.3. The number of nitrogens with zero attached hydrogens (tertiary/aromatic N) is 1. The fourth-order valence-electron chi connectivity index (χ4n) is 2.21. The number of hydrogen-bond acceptors (Lipinski definition) is 4. The van der Waals surface area contributed by atoms with Crippen molar-refractivity contribution in [2.45, 2.75) is 11.3 Å². The van der Waals surface area contributed by atoms with Gasteiger partial charge in [0.15, 0.2) is 0 Å². The topological polar surface area (TPSA) is 61.4 Å². The Morgan fingerprint density at radius 2 is 1.95 bits per heavy atom. The summed E-state index contributed by atoms with van der Waals surface area (Å²) in [4.78, 5) is 2.39. The van der Waals surface area contributed by atoms with Crippen molar-refractivity contribution in [3.63, 3.8) is 0 Å². The molecule has 2 N–H and O–H groups in total. The Kier molecular flexibility index (Phi) is 6.28. The van der Waals surface area contributed by atoms with Crippen molar-refractivity contribution < 1.29 is 8.42 Å². The summed E-state index contributed by atoms with van der Waals surface area (Å²) in [7, 11) is -3.58. The monoisotopic (exact) mass is 351 g/mol. The van der Waals surface area contributed by atoms with E-state index in [-0.39, 0.29) is 9.92 Å². The van der Waals surface area contributed by atoms with Crippen LogP contribution in [-0.4, -0.2) is 52.6 Å². The Bertz CT molecular complexity index is 575. The molecule has 0 saturated carbocycles. The van der Waals surface area contributed by atoms with E-state index in [1.165, 1.54) is 18.2 Å². The second-order valence-electron chi connectivity index (χ2n) is 4.92. The molecule has 0 aliphatic carbocycles. The van der Waals surface area contributed by atoms with E-state index < -0.39 is 10.0 Å². The fraction of sp³-hybridized carbons (Fsp3) is 0.538. The molecule has 0 spiro atoms. The van der Waals surface area contributed by atoms with Crippen LogP contribution in [0.1, 0.15) is 6.42 Å². The van der Waals surface area contributed by atoms with Gasteiger partial charge in [0.1, 0.15) is 4.90 Å². The van der Waals surface area contributed by atoms with Crippen molar-refractivity contribution in [2.75, 3.05) is 39.3 Å². The summed E-state index contributed by atoms with van der Waals surface area (Å²) in [6, 6.07) is 4.37. The van der Waals surface area contributed by atoms with Crippen molar-refractivity contribution in [1.82, 2.24) is 14.9 Å². The quantitative estimate of drug-likeness (QED) is 0.763. The van der Waals surface area contributed by atoms with Crippen LogP contribution in [0.25, 0.3) is 0 Å². The average molecular weight is 352 g/mol. The molecule has 21 heavy (non-hydrogen) atoms. The molecule has 8 heteroatoms. The average Bonchev–Trinajstić information content (AvgIpc) is 2.44. The van der Waals surface area contributed by atoms with Gasteiger partial charge in [-0.1, -0.05) is 23.2 Å². The van der Waals surface area contributed by atoms with Crippen LogP contribution in [0.2, 0.25) is 10.0 Å². The van der Waals surface area contributed by atoms with Crippen LogP contribution >= 0.6 is 23.2 Å². The minimum atomic E-state index is -3.58. The summed E-state index contributed by atoms with van der Waals surface area (Å²) in [5, 5.41) is 3.83. The van der Waals surface area contributed by atoms with Gasteiger partial charge in [0.05, 0.1) is 5.02 Å². The van der Waals surface area contributed by atoms with Gasteiger partial charge in [0, 0.05) is 37.7 Å². The smallest absolute Gasteiger partial charge is 0.242 e. The molecule has 1 aliphatic heterocycles. The van der Waals surface area contributed by atoms with Gasteiger partial charge in [-0.05, 0) is 31.2 Å². The minimum absolute atomic E-state index is 0.0655. The fourth-order valence-corrected chi connectivity index (χ4v) is 4.06. The van der Waals surface area contributed by atoms with Gasteiger partial charge in [0.25, 0.3) is 0 Å². The molecule has 0 unspecified atom stereocenters. The minimum Gasteiger partial charge on any atom is -0.314 e. The Hall–Kier alpha value is -0.370. The molecule has 0 atom stereocenters. The molecule has 5 nitrogen and oxygen atoms in total.